The van der Waals surface area contributed by atoms with Crippen LogP contribution in [0, 0.1) is 5.92 Å². The fourth-order valence-electron chi connectivity index (χ4n) is 6.23. The van der Waals surface area contributed by atoms with Gasteiger partial charge in [0, 0.05) is 12.8 Å². The monoisotopic (exact) mass is 688 g/mol. The first-order chi connectivity index (χ1) is 23.9. The second kappa shape index (κ2) is 16.1. The maximum Gasteiger partial charge on any atom is 0.336 e. The van der Waals surface area contributed by atoms with E-state index in [1.807, 2.05) is 30.3 Å². The number of aliphatic hydroxyl groups excluding tert-OH is 1. The number of carbonyl (C=O) groups is 3. The first kappa shape index (κ1) is 36.3. The van der Waals surface area contributed by atoms with Gasteiger partial charge in [-0.2, -0.15) is 0 Å². The van der Waals surface area contributed by atoms with Gasteiger partial charge >= 0.3 is 5.97 Å². The summed E-state index contributed by atoms with van der Waals surface area (Å²) in [7, 11) is 0. The molecule has 12 heteroatoms. The molecule has 6 atom stereocenters. The molecular weight excluding hydrogens is 648 g/mol. The summed E-state index contributed by atoms with van der Waals surface area (Å²) in [4.78, 5) is 39.0. The minimum Gasteiger partial charge on any atom is -0.504 e. The molecule has 50 heavy (non-hydrogen) atoms. The topological polar surface area (TPSA) is 200 Å². The normalized spacial score (nSPS) is 25.5. The first-order valence-electron chi connectivity index (χ1n) is 16.3. The van der Waals surface area contributed by atoms with Gasteiger partial charge in [0.1, 0.15) is 18.8 Å². The molecule has 264 valence electrons. The van der Waals surface area contributed by atoms with Gasteiger partial charge < -0.3 is 44.8 Å². The Bertz CT molecular complexity index is 1730. The van der Waals surface area contributed by atoms with Crippen molar-refractivity contribution in [3.8, 4) is 23.0 Å². The summed E-state index contributed by atoms with van der Waals surface area (Å²) >= 11 is 0. The third-order valence-electron chi connectivity index (χ3n) is 9.01. The number of carbonyl (C=O) groups excluding carboxylic acids is 2. The summed E-state index contributed by atoms with van der Waals surface area (Å²) < 4.78 is 18.2. The lowest BCUT2D eigenvalue weighted by molar-refractivity contribution is -0.230. The molecule has 1 heterocycles. The number of aliphatic carboxylic acids is 1. The molecular formula is C38H40O12. The van der Waals surface area contributed by atoms with E-state index in [2.05, 4.69) is 0 Å². The van der Waals surface area contributed by atoms with Crippen LogP contribution >= 0.6 is 0 Å². The highest BCUT2D eigenvalue weighted by Crippen LogP contribution is 2.39. The van der Waals surface area contributed by atoms with Crippen LogP contribution in [-0.4, -0.2) is 91.4 Å². The van der Waals surface area contributed by atoms with Gasteiger partial charge in [-0.3, -0.25) is 9.59 Å². The predicted octanol–water partition coefficient (Wildman–Crippen LogP) is 4.16. The number of hydrogen-bond donors (Lipinski definition) is 6. The molecule has 2 aliphatic rings. The Morgan fingerprint density at radius 3 is 2.10 bits per heavy atom. The molecule has 6 N–H and O–H groups in total. The molecule has 0 radical (unpaired) electrons. The molecule has 1 aliphatic carbocycles. The SMILES string of the molecule is O=C(C=Cc1ccc(O)c(O)c1)COC1(C(=O)O)CC(O)C2OCC(CCc3ccccc3)CC(C(=O)C=Cc3ccc(O)c(O)c3)OC2C1. The Hall–Kier alpha value is -5.01. The summed E-state index contributed by atoms with van der Waals surface area (Å²) in [5.41, 5.74) is -0.0707. The van der Waals surface area contributed by atoms with E-state index >= 15 is 0 Å². The van der Waals surface area contributed by atoms with Gasteiger partial charge in [-0.15, -0.1) is 0 Å². The van der Waals surface area contributed by atoms with Gasteiger partial charge in [-0.05, 0) is 78.3 Å². The summed E-state index contributed by atoms with van der Waals surface area (Å²) in [5.74, 6) is -3.94. The first-order valence-corrected chi connectivity index (χ1v) is 16.3. The highest BCUT2D eigenvalue weighted by molar-refractivity contribution is 5.97. The van der Waals surface area contributed by atoms with E-state index in [0.29, 0.717) is 24.0 Å². The fraction of sp³-hybridized carbons (Fsp3) is 0.342. The minimum atomic E-state index is -2.04. The molecule has 0 aromatic heterocycles. The maximum atomic E-state index is 13.6. The minimum absolute atomic E-state index is 0.147. The largest absolute Gasteiger partial charge is 0.504 e. The third-order valence-corrected chi connectivity index (χ3v) is 9.01. The second-order valence-electron chi connectivity index (χ2n) is 12.7. The van der Waals surface area contributed by atoms with E-state index in [-0.39, 0.29) is 48.4 Å². The van der Waals surface area contributed by atoms with E-state index in [4.69, 9.17) is 14.2 Å². The van der Waals surface area contributed by atoms with Crippen LogP contribution in [0.25, 0.3) is 12.2 Å². The molecule has 6 unspecified atom stereocenters. The molecule has 0 spiro atoms. The zero-order valence-electron chi connectivity index (χ0n) is 27.1. The molecule has 2 fully saturated rings. The number of benzene rings is 3. The lowest BCUT2D eigenvalue weighted by atomic mass is 9.78. The Labute approximate surface area is 288 Å². The number of fused-ring (bicyclic) bond motifs is 1. The lowest BCUT2D eigenvalue weighted by Gasteiger charge is -2.46. The van der Waals surface area contributed by atoms with Crippen LogP contribution in [0.3, 0.4) is 0 Å². The average Bonchev–Trinajstić information content (AvgIpc) is 3.08. The molecule has 0 amide bonds. The van der Waals surface area contributed by atoms with Crippen molar-refractivity contribution in [2.24, 2.45) is 5.92 Å². The summed E-state index contributed by atoms with van der Waals surface area (Å²) in [6.07, 6.45) is 1.69. The molecule has 1 saturated carbocycles. The van der Waals surface area contributed by atoms with Gasteiger partial charge in [0.2, 0.25) is 0 Å². The highest BCUT2D eigenvalue weighted by atomic mass is 16.6. The molecule has 3 aromatic carbocycles. The van der Waals surface area contributed by atoms with E-state index in [1.165, 1.54) is 54.6 Å². The number of carboxylic acid groups (broad SMARTS) is 1. The molecule has 12 nitrogen and oxygen atoms in total. The van der Waals surface area contributed by atoms with Crippen molar-refractivity contribution in [3.05, 3.63) is 95.6 Å². The van der Waals surface area contributed by atoms with E-state index in [1.54, 1.807) is 0 Å². The van der Waals surface area contributed by atoms with E-state index in [0.717, 1.165) is 11.6 Å². The number of aliphatic hydroxyl groups is 1. The number of ketones is 2. The number of hydrogen-bond acceptors (Lipinski definition) is 11. The lowest BCUT2D eigenvalue weighted by Crippen LogP contribution is -2.60. The second-order valence-corrected chi connectivity index (χ2v) is 12.7. The van der Waals surface area contributed by atoms with Crippen molar-refractivity contribution in [3.63, 3.8) is 0 Å². The van der Waals surface area contributed by atoms with Crippen molar-refractivity contribution >= 4 is 29.7 Å². The number of carboxylic acids is 1. The highest BCUT2D eigenvalue weighted by Gasteiger charge is 2.54. The van der Waals surface area contributed by atoms with E-state index in [9.17, 15) is 45.0 Å². The Kier molecular flexibility index (Phi) is 11.7. The van der Waals surface area contributed by atoms with Crippen molar-refractivity contribution in [2.75, 3.05) is 13.2 Å². The zero-order valence-corrected chi connectivity index (χ0v) is 27.1. The standard InChI is InChI=1S/C38H40O12/c39-27(12-8-24-9-13-28(40)31(43)16-24)22-49-38(37(46)47)19-33(45)36-35(20-38)50-34(30(42)15-11-25-10-14-29(41)32(44)17-25)18-26(21-48-36)7-6-23-4-2-1-3-5-23/h1-5,8-17,26,33-36,40-41,43-45H,6-7,18-22H2,(H,46,47). The van der Waals surface area contributed by atoms with Crippen LogP contribution < -0.4 is 0 Å². The van der Waals surface area contributed by atoms with Gasteiger partial charge in [-0.1, -0.05) is 54.6 Å². The van der Waals surface area contributed by atoms with Crippen molar-refractivity contribution in [1.82, 2.24) is 0 Å². The van der Waals surface area contributed by atoms with Gasteiger partial charge in [0.25, 0.3) is 0 Å². The molecule has 0 bridgehead atoms. The zero-order chi connectivity index (χ0) is 35.8. The van der Waals surface area contributed by atoms with Crippen molar-refractivity contribution < 1.29 is 59.2 Å². The average molecular weight is 689 g/mol. The fourth-order valence-corrected chi connectivity index (χ4v) is 6.23. The maximum absolute atomic E-state index is 13.6. The smallest absolute Gasteiger partial charge is 0.336 e. The third kappa shape index (κ3) is 9.16. The number of rotatable bonds is 12. The van der Waals surface area contributed by atoms with Crippen LogP contribution in [0.5, 0.6) is 23.0 Å². The Morgan fingerprint density at radius 1 is 0.840 bits per heavy atom. The number of aryl methyl sites for hydroxylation is 1. The summed E-state index contributed by atoms with van der Waals surface area (Å²) in [6, 6.07) is 17.9. The number of aromatic hydroxyl groups is 4. The summed E-state index contributed by atoms with van der Waals surface area (Å²) in [5, 5.41) is 60.3. The number of ether oxygens (including phenoxy) is 3. The molecule has 3 aromatic rings. The van der Waals surface area contributed by atoms with Crippen LogP contribution in [0.15, 0.2) is 78.9 Å². The quantitative estimate of drug-likeness (QED) is 0.117. The molecule has 5 rings (SSSR count). The number of phenolic OH excluding ortho intramolecular Hbond substituents is 4. The van der Waals surface area contributed by atoms with Gasteiger partial charge in [-0.25, -0.2) is 4.79 Å². The van der Waals surface area contributed by atoms with Gasteiger partial charge in [0.05, 0.1) is 18.8 Å². The van der Waals surface area contributed by atoms with Crippen LogP contribution in [0.2, 0.25) is 0 Å². The molecule has 1 aliphatic heterocycles. The predicted molar refractivity (Wildman–Crippen MR) is 180 cm³/mol. The molecule has 1 saturated heterocycles. The van der Waals surface area contributed by atoms with E-state index < -0.39 is 60.6 Å². The van der Waals surface area contributed by atoms with Crippen molar-refractivity contribution in [1.29, 1.82) is 0 Å². The number of phenols is 4. The van der Waals surface area contributed by atoms with Crippen molar-refractivity contribution in [2.45, 2.75) is 62.1 Å². The summed E-state index contributed by atoms with van der Waals surface area (Å²) in [6.45, 7) is -0.464. The van der Waals surface area contributed by atoms with Crippen LogP contribution in [0.4, 0.5) is 0 Å². The van der Waals surface area contributed by atoms with Gasteiger partial charge in [0.15, 0.2) is 40.2 Å². The van der Waals surface area contributed by atoms with Crippen LogP contribution in [-0.2, 0) is 35.0 Å². The van der Waals surface area contributed by atoms with Crippen LogP contribution in [0.1, 0.15) is 42.4 Å². The Morgan fingerprint density at radius 2 is 1.48 bits per heavy atom. The Balaban J connectivity index is 1.33.